The SMILES string of the molecule is O=C(O)CC1(N2CCC(CN[C@@H]3CC3c3ccccc3)CC2)CCC1. The Morgan fingerprint density at radius 2 is 1.92 bits per heavy atom. The highest BCUT2D eigenvalue weighted by Gasteiger charge is 2.45. The van der Waals surface area contributed by atoms with Gasteiger partial charge >= 0.3 is 5.97 Å². The van der Waals surface area contributed by atoms with Gasteiger partial charge in [-0.05, 0) is 69.6 Å². The van der Waals surface area contributed by atoms with Gasteiger partial charge in [0.05, 0.1) is 6.42 Å². The molecule has 4 rings (SSSR count). The average molecular weight is 342 g/mol. The highest BCUT2D eigenvalue weighted by Crippen LogP contribution is 2.43. The normalized spacial score (nSPS) is 29.1. The molecule has 0 aromatic heterocycles. The van der Waals surface area contributed by atoms with Crippen LogP contribution in [0.5, 0.6) is 0 Å². The molecule has 1 saturated heterocycles. The van der Waals surface area contributed by atoms with Gasteiger partial charge in [-0.3, -0.25) is 9.69 Å². The first kappa shape index (κ1) is 17.0. The van der Waals surface area contributed by atoms with Crippen molar-refractivity contribution in [2.45, 2.75) is 62.4 Å². The Morgan fingerprint density at radius 1 is 1.20 bits per heavy atom. The van der Waals surface area contributed by atoms with E-state index >= 15 is 0 Å². The van der Waals surface area contributed by atoms with Crippen LogP contribution in [0.25, 0.3) is 0 Å². The Balaban J connectivity index is 1.20. The third kappa shape index (κ3) is 3.75. The molecule has 2 atom stereocenters. The van der Waals surface area contributed by atoms with E-state index in [1.807, 2.05) is 0 Å². The molecular weight excluding hydrogens is 312 g/mol. The molecule has 0 amide bonds. The lowest BCUT2D eigenvalue weighted by molar-refractivity contribution is -0.143. The molecule has 0 radical (unpaired) electrons. The zero-order chi connectivity index (χ0) is 17.3. The van der Waals surface area contributed by atoms with Gasteiger partial charge < -0.3 is 10.4 Å². The van der Waals surface area contributed by atoms with Gasteiger partial charge in [-0.1, -0.05) is 30.3 Å². The lowest BCUT2D eigenvalue weighted by Gasteiger charge is -2.52. The predicted molar refractivity (Wildman–Crippen MR) is 98.7 cm³/mol. The predicted octanol–water partition coefficient (Wildman–Crippen LogP) is 3.24. The van der Waals surface area contributed by atoms with Gasteiger partial charge in [-0.2, -0.15) is 0 Å². The molecule has 1 unspecified atom stereocenters. The van der Waals surface area contributed by atoms with Crippen LogP contribution in [0.4, 0.5) is 0 Å². The molecule has 2 saturated carbocycles. The maximum Gasteiger partial charge on any atom is 0.305 e. The van der Waals surface area contributed by atoms with Gasteiger partial charge in [-0.25, -0.2) is 0 Å². The number of nitrogens with zero attached hydrogens (tertiary/aromatic N) is 1. The van der Waals surface area contributed by atoms with E-state index in [4.69, 9.17) is 0 Å². The van der Waals surface area contributed by atoms with E-state index in [1.54, 1.807) is 0 Å². The number of carbonyl (C=O) groups is 1. The molecule has 2 aliphatic carbocycles. The van der Waals surface area contributed by atoms with Crippen LogP contribution in [-0.2, 0) is 4.79 Å². The number of nitrogens with one attached hydrogen (secondary N) is 1. The van der Waals surface area contributed by atoms with Crippen molar-refractivity contribution in [3.63, 3.8) is 0 Å². The molecule has 0 spiro atoms. The molecule has 1 aromatic rings. The number of hydrogen-bond acceptors (Lipinski definition) is 3. The van der Waals surface area contributed by atoms with E-state index in [1.165, 1.54) is 31.2 Å². The smallest absolute Gasteiger partial charge is 0.305 e. The molecule has 3 aliphatic rings. The summed E-state index contributed by atoms with van der Waals surface area (Å²) in [4.78, 5) is 13.7. The van der Waals surface area contributed by atoms with Crippen LogP contribution in [0, 0.1) is 5.92 Å². The van der Waals surface area contributed by atoms with Crippen molar-refractivity contribution in [3.05, 3.63) is 35.9 Å². The van der Waals surface area contributed by atoms with Crippen molar-refractivity contribution in [3.8, 4) is 0 Å². The highest BCUT2D eigenvalue weighted by molar-refractivity contribution is 5.68. The minimum Gasteiger partial charge on any atom is -0.481 e. The van der Waals surface area contributed by atoms with Gasteiger partial charge in [0.2, 0.25) is 0 Å². The quantitative estimate of drug-likeness (QED) is 0.799. The van der Waals surface area contributed by atoms with Gasteiger partial charge in [0, 0.05) is 17.5 Å². The van der Waals surface area contributed by atoms with Crippen LogP contribution < -0.4 is 5.32 Å². The molecule has 4 heteroatoms. The summed E-state index contributed by atoms with van der Waals surface area (Å²) in [5.41, 5.74) is 1.45. The fourth-order valence-corrected chi connectivity index (χ4v) is 4.89. The minimum absolute atomic E-state index is 0.0148. The second kappa shape index (κ2) is 7.08. The molecular formula is C21H30N2O2. The fraction of sp³-hybridized carbons (Fsp3) is 0.667. The number of piperidine rings is 1. The number of benzene rings is 1. The number of carboxylic acid groups (broad SMARTS) is 1. The Morgan fingerprint density at radius 3 is 2.52 bits per heavy atom. The Labute approximate surface area is 150 Å². The van der Waals surface area contributed by atoms with Crippen molar-refractivity contribution in [2.24, 2.45) is 5.92 Å². The first-order chi connectivity index (χ1) is 12.2. The number of rotatable bonds is 7. The largest absolute Gasteiger partial charge is 0.481 e. The number of aliphatic carboxylic acids is 1. The molecule has 25 heavy (non-hydrogen) atoms. The van der Waals surface area contributed by atoms with Crippen molar-refractivity contribution >= 4 is 5.97 Å². The van der Waals surface area contributed by atoms with Crippen LogP contribution in [0.1, 0.15) is 56.4 Å². The van der Waals surface area contributed by atoms with Crippen LogP contribution in [0.2, 0.25) is 0 Å². The van der Waals surface area contributed by atoms with Crippen LogP contribution >= 0.6 is 0 Å². The van der Waals surface area contributed by atoms with E-state index in [9.17, 15) is 9.90 Å². The van der Waals surface area contributed by atoms with E-state index < -0.39 is 5.97 Å². The summed E-state index contributed by atoms with van der Waals surface area (Å²) in [6.07, 6.45) is 7.35. The number of likely N-dealkylation sites (tertiary alicyclic amines) is 1. The Bertz CT molecular complexity index is 591. The lowest BCUT2D eigenvalue weighted by Crippen LogP contribution is -2.57. The summed E-state index contributed by atoms with van der Waals surface area (Å²) in [5.74, 6) is 0.814. The van der Waals surface area contributed by atoms with Gasteiger partial charge in [-0.15, -0.1) is 0 Å². The van der Waals surface area contributed by atoms with Gasteiger partial charge in [0.25, 0.3) is 0 Å². The fourth-order valence-electron chi connectivity index (χ4n) is 4.89. The van der Waals surface area contributed by atoms with Crippen molar-refractivity contribution in [1.82, 2.24) is 10.2 Å². The molecule has 2 N–H and O–H groups in total. The average Bonchev–Trinajstić information content (AvgIpc) is 3.37. The standard InChI is InChI=1S/C21H30N2O2/c24-20(25)14-21(9-4-10-21)23-11-7-16(8-12-23)15-22-19-13-18(19)17-5-2-1-3-6-17/h1-3,5-6,16,18-19,22H,4,7-15H2,(H,24,25)/t18?,19-/m1/s1. The summed E-state index contributed by atoms with van der Waals surface area (Å²) in [5, 5.41) is 13.0. The van der Waals surface area contributed by atoms with E-state index in [-0.39, 0.29) is 5.54 Å². The topological polar surface area (TPSA) is 52.6 Å². The van der Waals surface area contributed by atoms with Crippen LogP contribution in [0.3, 0.4) is 0 Å². The van der Waals surface area contributed by atoms with Gasteiger partial charge in [0.1, 0.15) is 0 Å². The second-order valence-corrected chi connectivity index (χ2v) is 8.35. The first-order valence-electron chi connectivity index (χ1n) is 9.91. The maximum atomic E-state index is 11.2. The van der Waals surface area contributed by atoms with Crippen molar-refractivity contribution < 1.29 is 9.90 Å². The Kier molecular flexibility index (Phi) is 4.83. The van der Waals surface area contributed by atoms with Crippen LogP contribution in [-0.4, -0.2) is 47.2 Å². The van der Waals surface area contributed by atoms with E-state index in [0.29, 0.717) is 18.4 Å². The number of hydrogen-bond donors (Lipinski definition) is 2. The summed E-state index contributed by atoms with van der Waals surface area (Å²) in [6, 6.07) is 11.5. The number of carboxylic acids is 1. The summed E-state index contributed by atoms with van der Waals surface area (Å²) in [6.45, 7) is 3.27. The van der Waals surface area contributed by atoms with Crippen molar-refractivity contribution in [1.29, 1.82) is 0 Å². The zero-order valence-electron chi connectivity index (χ0n) is 15.0. The monoisotopic (exact) mass is 342 g/mol. The molecule has 4 nitrogen and oxygen atoms in total. The maximum absolute atomic E-state index is 11.2. The molecule has 1 heterocycles. The highest BCUT2D eigenvalue weighted by atomic mass is 16.4. The summed E-state index contributed by atoms with van der Waals surface area (Å²) >= 11 is 0. The van der Waals surface area contributed by atoms with Crippen molar-refractivity contribution in [2.75, 3.05) is 19.6 Å². The minimum atomic E-state index is -0.635. The van der Waals surface area contributed by atoms with E-state index in [2.05, 4.69) is 40.5 Å². The second-order valence-electron chi connectivity index (χ2n) is 8.35. The lowest BCUT2D eigenvalue weighted by atomic mass is 9.72. The first-order valence-corrected chi connectivity index (χ1v) is 9.91. The molecule has 1 aromatic carbocycles. The summed E-state index contributed by atoms with van der Waals surface area (Å²) in [7, 11) is 0. The third-order valence-corrected chi connectivity index (χ3v) is 6.74. The van der Waals surface area contributed by atoms with E-state index in [0.717, 1.165) is 38.4 Å². The van der Waals surface area contributed by atoms with Gasteiger partial charge in [0.15, 0.2) is 0 Å². The zero-order valence-corrected chi connectivity index (χ0v) is 15.0. The molecule has 1 aliphatic heterocycles. The third-order valence-electron chi connectivity index (χ3n) is 6.74. The molecule has 3 fully saturated rings. The molecule has 136 valence electrons. The Hall–Kier alpha value is -1.39. The van der Waals surface area contributed by atoms with Crippen LogP contribution in [0.15, 0.2) is 30.3 Å². The molecule has 0 bridgehead atoms. The summed E-state index contributed by atoms with van der Waals surface area (Å²) < 4.78 is 0.